The predicted molar refractivity (Wildman–Crippen MR) is 78.2 cm³/mol. The number of likely N-dealkylation sites (N-methyl/N-ethyl adjacent to an activating group) is 1. The Morgan fingerprint density at radius 2 is 2.21 bits per heavy atom. The number of ether oxygens (including phenoxy) is 1. The molecule has 3 unspecified atom stereocenters. The van der Waals surface area contributed by atoms with Crippen molar-refractivity contribution >= 4 is 5.97 Å². The van der Waals surface area contributed by atoms with Crippen molar-refractivity contribution in [2.24, 2.45) is 0 Å². The maximum Gasteiger partial charge on any atom is 0.326 e. The van der Waals surface area contributed by atoms with Crippen molar-refractivity contribution in [2.75, 3.05) is 19.7 Å². The first kappa shape index (κ1) is 16.4. The van der Waals surface area contributed by atoms with E-state index in [0.717, 1.165) is 19.5 Å². The van der Waals surface area contributed by atoms with Crippen LogP contribution in [0.4, 0.5) is 0 Å². The number of esters is 1. The van der Waals surface area contributed by atoms with Crippen LogP contribution < -0.4 is 5.32 Å². The van der Waals surface area contributed by atoms with E-state index < -0.39 is 5.54 Å². The van der Waals surface area contributed by atoms with Gasteiger partial charge in [-0.3, -0.25) is 9.69 Å². The van der Waals surface area contributed by atoms with E-state index in [4.69, 9.17) is 4.74 Å². The zero-order valence-corrected chi connectivity index (χ0v) is 13.2. The molecule has 1 N–H and O–H groups in total. The highest BCUT2D eigenvalue weighted by Gasteiger charge is 2.38. The molecule has 1 heterocycles. The van der Waals surface area contributed by atoms with Gasteiger partial charge in [-0.15, -0.1) is 0 Å². The van der Waals surface area contributed by atoms with Crippen molar-refractivity contribution in [1.82, 2.24) is 10.2 Å². The summed E-state index contributed by atoms with van der Waals surface area (Å²) < 4.78 is 5.23. The molecule has 0 aromatic rings. The number of nitrogens with one attached hydrogen (secondary N) is 1. The second-order valence-corrected chi connectivity index (χ2v) is 5.87. The summed E-state index contributed by atoms with van der Waals surface area (Å²) in [6.45, 7) is 12.7. The summed E-state index contributed by atoms with van der Waals surface area (Å²) in [5, 5.41) is 3.31. The standard InChI is InChI=1S/C15H30N2O2/c1-6-16-15(5,14(18)19-7-2)11-13(4)17-10-8-9-12(17)3/h12-13,16H,6-11H2,1-5H3. The number of carbonyl (C=O) groups is 1. The van der Waals surface area contributed by atoms with Gasteiger partial charge in [-0.1, -0.05) is 6.92 Å². The first-order valence-corrected chi connectivity index (χ1v) is 7.62. The number of nitrogens with zero attached hydrogens (tertiary/aromatic N) is 1. The molecule has 0 aliphatic carbocycles. The summed E-state index contributed by atoms with van der Waals surface area (Å²) in [6, 6.07) is 1.02. The molecule has 0 amide bonds. The van der Waals surface area contributed by atoms with E-state index in [1.54, 1.807) is 0 Å². The van der Waals surface area contributed by atoms with Crippen molar-refractivity contribution in [3.63, 3.8) is 0 Å². The normalized spacial score (nSPS) is 25.0. The molecule has 0 aromatic carbocycles. The van der Waals surface area contributed by atoms with Gasteiger partial charge in [0, 0.05) is 12.1 Å². The SMILES string of the molecule is CCNC(C)(CC(C)N1CCCC1C)C(=O)OCC. The van der Waals surface area contributed by atoms with Gasteiger partial charge in [0.1, 0.15) is 5.54 Å². The van der Waals surface area contributed by atoms with Crippen molar-refractivity contribution in [3.05, 3.63) is 0 Å². The van der Waals surface area contributed by atoms with E-state index >= 15 is 0 Å². The van der Waals surface area contributed by atoms with Crippen LogP contribution >= 0.6 is 0 Å². The Morgan fingerprint density at radius 1 is 1.53 bits per heavy atom. The number of carbonyl (C=O) groups excluding carboxylic acids is 1. The number of hydrogen-bond acceptors (Lipinski definition) is 4. The first-order chi connectivity index (χ1) is 8.94. The molecule has 112 valence electrons. The highest BCUT2D eigenvalue weighted by Crippen LogP contribution is 2.25. The summed E-state index contributed by atoms with van der Waals surface area (Å²) >= 11 is 0. The van der Waals surface area contributed by atoms with E-state index in [2.05, 4.69) is 24.1 Å². The van der Waals surface area contributed by atoms with Gasteiger partial charge >= 0.3 is 5.97 Å². The smallest absolute Gasteiger partial charge is 0.326 e. The molecule has 1 saturated heterocycles. The maximum atomic E-state index is 12.2. The van der Waals surface area contributed by atoms with Crippen LogP contribution in [0.15, 0.2) is 0 Å². The molecular formula is C15H30N2O2. The quantitative estimate of drug-likeness (QED) is 0.720. The lowest BCUT2D eigenvalue weighted by Gasteiger charge is -2.36. The highest BCUT2D eigenvalue weighted by atomic mass is 16.5. The van der Waals surface area contributed by atoms with Gasteiger partial charge in [-0.2, -0.15) is 0 Å². The molecule has 4 heteroatoms. The van der Waals surface area contributed by atoms with Crippen LogP contribution in [0, 0.1) is 0 Å². The zero-order valence-electron chi connectivity index (χ0n) is 13.2. The Labute approximate surface area is 117 Å². The molecule has 0 spiro atoms. The van der Waals surface area contributed by atoms with Crippen molar-refractivity contribution < 1.29 is 9.53 Å². The Hall–Kier alpha value is -0.610. The second-order valence-electron chi connectivity index (χ2n) is 5.87. The molecule has 19 heavy (non-hydrogen) atoms. The number of likely N-dealkylation sites (tertiary alicyclic amines) is 1. The Balaban J connectivity index is 2.68. The van der Waals surface area contributed by atoms with Gasteiger partial charge < -0.3 is 10.1 Å². The van der Waals surface area contributed by atoms with Crippen LogP contribution in [0.2, 0.25) is 0 Å². The first-order valence-electron chi connectivity index (χ1n) is 7.62. The van der Waals surface area contributed by atoms with Crippen LogP contribution in [-0.4, -0.2) is 48.2 Å². The number of rotatable bonds is 7. The fourth-order valence-electron chi connectivity index (χ4n) is 3.23. The second kappa shape index (κ2) is 7.25. The maximum absolute atomic E-state index is 12.2. The van der Waals surface area contributed by atoms with Crippen molar-refractivity contribution in [2.45, 2.75) is 71.5 Å². The summed E-state index contributed by atoms with van der Waals surface area (Å²) in [4.78, 5) is 14.7. The molecule has 4 nitrogen and oxygen atoms in total. The average Bonchev–Trinajstić information content (AvgIpc) is 2.76. The third-order valence-electron chi connectivity index (χ3n) is 4.17. The molecule has 1 aliphatic heterocycles. The molecular weight excluding hydrogens is 240 g/mol. The molecule has 0 bridgehead atoms. The lowest BCUT2D eigenvalue weighted by Crippen LogP contribution is -2.54. The van der Waals surface area contributed by atoms with Crippen LogP contribution in [0.5, 0.6) is 0 Å². The fourth-order valence-corrected chi connectivity index (χ4v) is 3.23. The van der Waals surface area contributed by atoms with Gasteiger partial charge in [0.25, 0.3) is 0 Å². The minimum atomic E-state index is -0.577. The Bertz CT molecular complexity index is 296. The van der Waals surface area contributed by atoms with E-state index in [1.165, 1.54) is 12.8 Å². The Morgan fingerprint density at radius 3 is 2.68 bits per heavy atom. The monoisotopic (exact) mass is 270 g/mol. The third-order valence-corrected chi connectivity index (χ3v) is 4.17. The van der Waals surface area contributed by atoms with Crippen LogP contribution in [0.25, 0.3) is 0 Å². The summed E-state index contributed by atoms with van der Waals surface area (Å²) in [5.41, 5.74) is -0.577. The molecule has 0 saturated carbocycles. The zero-order chi connectivity index (χ0) is 14.5. The lowest BCUT2D eigenvalue weighted by molar-refractivity contribution is -0.151. The van der Waals surface area contributed by atoms with E-state index in [1.807, 2.05) is 20.8 Å². The predicted octanol–water partition coefficient (Wildman–Crippen LogP) is 2.18. The summed E-state index contributed by atoms with van der Waals surface area (Å²) in [7, 11) is 0. The van der Waals surface area contributed by atoms with E-state index in [-0.39, 0.29) is 5.97 Å². The summed E-state index contributed by atoms with van der Waals surface area (Å²) in [5.74, 6) is -0.129. The third kappa shape index (κ3) is 4.18. The largest absolute Gasteiger partial charge is 0.465 e. The molecule has 1 fully saturated rings. The van der Waals surface area contributed by atoms with Crippen LogP contribution in [-0.2, 0) is 9.53 Å². The van der Waals surface area contributed by atoms with E-state index in [9.17, 15) is 4.79 Å². The van der Waals surface area contributed by atoms with Gasteiger partial charge in [0.2, 0.25) is 0 Å². The minimum absolute atomic E-state index is 0.129. The van der Waals surface area contributed by atoms with Gasteiger partial charge in [0.15, 0.2) is 0 Å². The van der Waals surface area contributed by atoms with Gasteiger partial charge in [0.05, 0.1) is 6.61 Å². The molecule has 1 aliphatic rings. The molecule has 3 atom stereocenters. The molecule has 1 rings (SSSR count). The van der Waals surface area contributed by atoms with Crippen LogP contribution in [0.1, 0.15) is 53.9 Å². The highest BCUT2D eigenvalue weighted by molar-refractivity contribution is 5.80. The van der Waals surface area contributed by atoms with Gasteiger partial charge in [-0.05, 0) is 60.0 Å². The topological polar surface area (TPSA) is 41.6 Å². The fraction of sp³-hybridized carbons (Fsp3) is 0.933. The number of hydrogen-bond donors (Lipinski definition) is 1. The van der Waals surface area contributed by atoms with Crippen LogP contribution in [0.3, 0.4) is 0 Å². The van der Waals surface area contributed by atoms with Crippen molar-refractivity contribution in [1.29, 1.82) is 0 Å². The summed E-state index contributed by atoms with van der Waals surface area (Å²) in [6.07, 6.45) is 3.33. The minimum Gasteiger partial charge on any atom is -0.465 e. The van der Waals surface area contributed by atoms with E-state index in [0.29, 0.717) is 18.7 Å². The lowest BCUT2D eigenvalue weighted by atomic mass is 9.92. The average molecular weight is 270 g/mol. The molecule has 0 aromatic heterocycles. The van der Waals surface area contributed by atoms with Crippen molar-refractivity contribution in [3.8, 4) is 0 Å². The molecule has 0 radical (unpaired) electrons. The Kier molecular flexibility index (Phi) is 6.27. The van der Waals surface area contributed by atoms with Gasteiger partial charge in [-0.25, -0.2) is 0 Å².